The van der Waals surface area contributed by atoms with Gasteiger partial charge in [-0.3, -0.25) is 4.79 Å². The Balaban J connectivity index is 1.70. The van der Waals surface area contributed by atoms with Gasteiger partial charge >= 0.3 is 0 Å². The summed E-state index contributed by atoms with van der Waals surface area (Å²) in [6.07, 6.45) is 2.84. The zero-order valence-electron chi connectivity index (χ0n) is 12.7. The number of hydrogen-bond acceptors (Lipinski definition) is 3. The molecule has 1 fully saturated rings. The molecule has 0 radical (unpaired) electrons. The molecule has 118 valence electrons. The van der Waals surface area contributed by atoms with Crippen molar-refractivity contribution in [3.8, 4) is 0 Å². The summed E-state index contributed by atoms with van der Waals surface area (Å²) >= 11 is 7.60. The minimum absolute atomic E-state index is 0.0856. The first-order valence-electron chi connectivity index (χ1n) is 7.45. The predicted molar refractivity (Wildman–Crippen MR) is 98.4 cm³/mol. The minimum atomic E-state index is -0.177. The van der Waals surface area contributed by atoms with Gasteiger partial charge in [0.25, 0.3) is 5.91 Å². The highest BCUT2D eigenvalue weighted by atomic mass is 35.5. The van der Waals surface area contributed by atoms with Crippen molar-refractivity contribution in [2.75, 3.05) is 5.32 Å². The Hall–Kier alpha value is -1.91. The highest BCUT2D eigenvalue weighted by Gasteiger charge is 2.27. The number of carbonyl (C=O) groups excluding carboxylic acids is 1. The Kier molecular flexibility index (Phi) is 4.94. The highest BCUT2D eigenvalue weighted by Crippen LogP contribution is 2.31. The molecule has 0 aliphatic carbocycles. The molecule has 0 spiro atoms. The van der Waals surface area contributed by atoms with E-state index in [9.17, 15) is 4.79 Å². The summed E-state index contributed by atoms with van der Waals surface area (Å²) in [5, 5.41) is 6.87. The molecule has 2 aromatic rings. The van der Waals surface area contributed by atoms with Crippen LogP contribution >= 0.6 is 23.4 Å². The summed E-state index contributed by atoms with van der Waals surface area (Å²) in [5.41, 5.74) is 2.94. The molecule has 3 nitrogen and oxygen atoms in total. The van der Waals surface area contributed by atoms with Crippen LogP contribution in [0.25, 0.3) is 6.08 Å². The van der Waals surface area contributed by atoms with Crippen molar-refractivity contribution in [2.45, 2.75) is 18.8 Å². The topological polar surface area (TPSA) is 41.1 Å². The Morgan fingerprint density at radius 1 is 1.22 bits per heavy atom. The number of hydrogen-bond donors (Lipinski definition) is 2. The lowest BCUT2D eigenvalue weighted by Gasteiger charge is -2.12. The second-order valence-corrected chi connectivity index (χ2v) is 6.75. The molecule has 2 aromatic carbocycles. The van der Waals surface area contributed by atoms with Crippen molar-refractivity contribution >= 4 is 41.0 Å². The van der Waals surface area contributed by atoms with Gasteiger partial charge in [0, 0.05) is 10.7 Å². The van der Waals surface area contributed by atoms with E-state index in [0.29, 0.717) is 9.93 Å². The number of rotatable bonds is 4. The first kappa shape index (κ1) is 16.0. The molecule has 0 aromatic heterocycles. The van der Waals surface area contributed by atoms with E-state index in [1.54, 1.807) is 0 Å². The third-order valence-corrected chi connectivity index (χ3v) is 4.96. The van der Waals surface area contributed by atoms with E-state index in [-0.39, 0.29) is 11.4 Å². The average Bonchev–Trinajstić information content (AvgIpc) is 2.90. The van der Waals surface area contributed by atoms with Gasteiger partial charge in [-0.15, -0.1) is 0 Å². The summed E-state index contributed by atoms with van der Waals surface area (Å²) in [6, 6.07) is 15.7. The number of aryl methyl sites for hydroxylation is 1. The second kappa shape index (κ2) is 7.11. The van der Waals surface area contributed by atoms with Crippen LogP contribution in [0, 0.1) is 0 Å². The number of nitrogens with one attached hydrogen (secondary N) is 2. The predicted octanol–water partition coefficient (Wildman–Crippen LogP) is 4.50. The van der Waals surface area contributed by atoms with Crippen LogP contribution in [0.15, 0.2) is 53.4 Å². The molecule has 0 saturated carbocycles. The van der Waals surface area contributed by atoms with Crippen molar-refractivity contribution in [1.82, 2.24) is 5.32 Å². The molecule has 5 heteroatoms. The molecular formula is C18H17ClN2OS. The van der Waals surface area contributed by atoms with Crippen LogP contribution in [0.2, 0.25) is 5.02 Å². The largest absolute Gasteiger partial charge is 0.357 e. The second-order valence-electron chi connectivity index (χ2n) is 5.20. The molecule has 23 heavy (non-hydrogen) atoms. The van der Waals surface area contributed by atoms with Crippen LogP contribution < -0.4 is 10.6 Å². The Morgan fingerprint density at radius 2 is 1.96 bits per heavy atom. The van der Waals surface area contributed by atoms with E-state index in [4.69, 9.17) is 11.6 Å². The fourth-order valence-corrected chi connectivity index (χ4v) is 3.45. The van der Waals surface area contributed by atoms with Gasteiger partial charge < -0.3 is 10.6 Å². The van der Waals surface area contributed by atoms with Gasteiger partial charge in [0.2, 0.25) is 0 Å². The van der Waals surface area contributed by atoms with Crippen LogP contribution in [0.4, 0.5) is 5.69 Å². The molecular weight excluding hydrogens is 328 g/mol. The fraction of sp³-hybridized carbons (Fsp3) is 0.167. The summed E-state index contributed by atoms with van der Waals surface area (Å²) in [5.74, 6) is -0.0856. The van der Waals surface area contributed by atoms with Gasteiger partial charge in [-0.1, -0.05) is 60.6 Å². The van der Waals surface area contributed by atoms with Gasteiger partial charge in [0.1, 0.15) is 0 Å². The van der Waals surface area contributed by atoms with Crippen molar-refractivity contribution in [1.29, 1.82) is 0 Å². The summed E-state index contributed by atoms with van der Waals surface area (Å²) in [7, 11) is 0. The Morgan fingerprint density at radius 3 is 2.65 bits per heavy atom. The molecule has 0 unspecified atom stereocenters. The van der Waals surface area contributed by atoms with E-state index in [2.05, 4.69) is 29.7 Å². The normalized spacial score (nSPS) is 19.0. The summed E-state index contributed by atoms with van der Waals surface area (Å²) < 4.78 is 0. The molecule has 1 saturated heterocycles. The average molecular weight is 345 g/mol. The molecule has 1 heterocycles. The van der Waals surface area contributed by atoms with Gasteiger partial charge in [-0.25, -0.2) is 0 Å². The lowest BCUT2D eigenvalue weighted by Crippen LogP contribution is -2.30. The monoisotopic (exact) mass is 344 g/mol. The molecule has 2 N–H and O–H groups in total. The molecule has 0 bridgehead atoms. The zero-order valence-corrected chi connectivity index (χ0v) is 14.2. The molecule has 1 aliphatic rings. The maximum Gasteiger partial charge on any atom is 0.260 e. The number of halogens is 1. The first-order valence-corrected chi connectivity index (χ1v) is 8.70. The van der Waals surface area contributed by atoms with Gasteiger partial charge in [0.15, 0.2) is 5.50 Å². The Labute approximate surface area is 145 Å². The van der Waals surface area contributed by atoms with Crippen LogP contribution in [-0.2, 0) is 11.2 Å². The van der Waals surface area contributed by atoms with Crippen molar-refractivity contribution in [3.63, 3.8) is 0 Å². The first-order chi connectivity index (χ1) is 11.2. The van der Waals surface area contributed by atoms with E-state index < -0.39 is 0 Å². The SMILES string of the molecule is CCc1ccc(N[C@H]2NC(=O)/C(=C/c3ccccc3Cl)S2)cc1. The lowest BCUT2D eigenvalue weighted by molar-refractivity contribution is -0.116. The maximum atomic E-state index is 12.1. The molecule has 1 atom stereocenters. The van der Waals surface area contributed by atoms with Crippen molar-refractivity contribution in [3.05, 3.63) is 69.6 Å². The number of carbonyl (C=O) groups is 1. The zero-order chi connectivity index (χ0) is 16.2. The van der Waals surface area contributed by atoms with E-state index in [1.165, 1.54) is 17.3 Å². The lowest BCUT2D eigenvalue weighted by atomic mass is 10.1. The number of benzene rings is 2. The molecule has 3 rings (SSSR count). The number of thioether (sulfide) groups is 1. The number of amides is 1. The standard InChI is InChI=1S/C18H17ClN2OS/c1-2-12-7-9-14(10-8-12)20-18-21-17(22)16(23-18)11-13-5-3-4-6-15(13)19/h3-11,18,20H,2H2,1H3,(H,21,22)/b16-11-/t18-/m0/s1. The quantitative estimate of drug-likeness (QED) is 0.802. The van der Waals surface area contributed by atoms with Crippen LogP contribution in [0.5, 0.6) is 0 Å². The maximum absolute atomic E-state index is 12.1. The van der Waals surface area contributed by atoms with E-state index >= 15 is 0 Å². The van der Waals surface area contributed by atoms with E-state index in [1.807, 2.05) is 42.5 Å². The van der Waals surface area contributed by atoms with Crippen LogP contribution in [0.1, 0.15) is 18.1 Å². The fourth-order valence-electron chi connectivity index (χ4n) is 2.29. The third-order valence-electron chi connectivity index (χ3n) is 3.58. The van der Waals surface area contributed by atoms with Crippen LogP contribution in [0.3, 0.4) is 0 Å². The molecule has 1 amide bonds. The van der Waals surface area contributed by atoms with Gasteiger partial charge in [-0.2, -0.15) is 0 Å². The van der Waals surface area contributed by atoms with Gasteiger partial charge in [0.05, 0.1) is 4.91 Å². The van der Waals surface area contributed by atoms with Gasteiger partial charge in [-0.05, 0) is 41.8 Å². The smallest absolute Gasteiger partial charge is 0.260 e. The minimum Gasteiger partial charge on any atom is -0.357 e. The van der Waals surface area contributed by atoms with Crippen molar-refractivity contribution in [2.24, 2.45) is 0 Å². The van der Waals surface area contributed by atoms with Crippen molar-refractivity contribution < 1.29 is 4.79 Å². The summed E-state index contributed by atoms with van der Waals surface area (Å²) in [4.78, 5) is 12.8. The highest BCUT2D eigenvalue weighted by molar-refractivity contribution is 8.05. The third kappa shape index (κ3) is 3.89. The number of anilines is 1. The summed E-state index contributed by atoms with van der Waals surface area (Å²) in [6.45, 7) is 2.13. The van der Waals surface area contributed by atoms with E-state index in [0.717, 1.165) is 17.7 Å². The Bertz CT molecular complexity index is 743. The van der Waals surface area contributed by atoms with Crippen LogP contribution in [-0.4, -0.2) is 11.4 Å². The molecule has 1 aliphatic heterocycles.